The van der Waals surface area contributed by atoms with Crippen LogP contribution in [0.2, 0.25) is 0 Å². The fraction of sp³-hybridized carbons (Fsp3) is 0.235. The van der Waals surface area contributed by atoms with Crippen molar-refractivity contribution in [3.8, 4) is 0 Å². The standard InChI is InChI=1S/C17H20N4O2/c1-12-4-2-3-5-14(12)15(21-17(18)23)10-16(22)20-11-13-6-8-19-9-7-13/h2-9,15H,10-11H2,1H3,(H,20,22)(H3,18,21,23). The van der Waals surface area contributed by atoms with Crippen LogP contribution in [0.1, 0.15) is 29.2 Å². The van der Waals surface area contributed by atoms with Crippen LogP contribution in [0.15, 0.2) is 48.8 Å². The van der Waals surface area contributed by atoms with Crippen molar-refractivity contribution in [3.05, 3.63) is 65.5 Å². The molecule has 1 aromatic carbocycles. The number of hydrogen-bond donors (Lipinski definition) is 3. The summed E-state index contributed by atoms with van der Waals surface area (Å²) in [5.41, 5.74) is 8.07. The Morgan fingerprint density at radius 1 is 1.17 bits per heavy atom. The number of pyridine rings is 1. The van der Waals surface area contributed by atoms with Gasteiger partial charge in [-0.05, 0) is 35.7 Å². The lowest BCUT2D eigenvalue weighted by atomic mass is 9.98. The van der Waals surface area contributed by atoms with Crippen LogP contribution in [-0.4, -0.2) is 16.9 Å². The molecule has 1 aromatic heterocycles. The summed E-state index contributed by atoms with van der Waals surface area (Å²) in [5.74, 6) is -0.163. The Hall–Kier alpha value is -2.89. The molecule has 0 saturated heterocycles. The van der Waals surface area contributed by atoms with Crippen LogP contribution < -0.4 is 16.4 Å². The molecule has 1 heterocycles. The van der Waals surface area contributed by atoms with Gasteiger partial charge in [-0.1, -0.05) is 24.3 Å². The molecule has 0 bridgehead atoms. The molecule has 0 aliphatic heterocycles. The van der Waals surface area contributed by atoms with Crippen LogP contribution in [0.3, 0.4) is 0 Å². The van der Waals surface area contributed by atoms with E-state index in [0.717, 1.165) is 16.7 Å². The number of carbonyl (C=O) groups excluding carboxylic acids is 2. The molecule has 0 fully saturated rings. The molecule has 3 amide bonds. The van der Waals surface area contributed by atoms with Crippen molar-refractivity contribution in [2.75, 3.05) is 0 Å². The third-order valence-electron chi connectivity index (χ3n) is 3.51. The first-order chi connectivity index (χ1) is 11.1. The number of hydrogen-bond acceptors (Lipinski definition) is 3. The maximum atomic E-state index is 12.2. The van der Waals surface area contributed by atoms with Crippen LogP contribution in [0, 0.1) is 6.92 Å². The topological polar surface area (TPSA) is 97.1 Å². The van der Waals surface area contributed by atoms with E-state index in [1.54, 1.807) is 12.4 Å². The van der Waals surface area contributed by atoms with Gasteiger partial charge in [0.25, 0.3) is 0 Å². The third-order valence-corrected chi connectivity index (χ3v) is 3.51. The highest BCUT2D eigenvalue weighted by molar-refractivity contribution is 5.78. The van der Waals surface area contributed by atoms with Gasteiger partial charge in [0.05, 0.1) is 12.5 Å². The van der Waals surface area contributed by atoms with Gasteiger partial charge in [0.15, 0.2) is 0 Å². The molecule has 120 valence electrons. The molecule has 1 unspecified atom stereocenters. The number of nitrogens with zero attached hydrogens (tertiary/aromatic N) is 1. The lowest BCUT2D eigenvalue weighted by Crippen LogP contribution is -2.36. The van der Waals surface area contributed by atoms with Gasteiger partial charge in [0.1, 0.15) is 0 Å². The second kappa shape index (κ2) is 7.93. The van der Waals surface area contributed by atoms with Crippen molar-refractivity contribution in [1.82, 2.24) is 15.6 Å². The largest absolute Gasteiger partial charge is 0.352 e. The van der Waals surface area contributed by atoms with Crippen molar-refractivity contribution in [2.45, 2.75) is 25.9 Å². The van der Waals surface area contributed by atoms with E-state index in [1.807, 2.05) is 43.3 Å². The highest BCUT2D eigenvalue weighted by Crippen LogP contribution is 2.20. The van der Waals surface area contributed by atoms with E-state index >= 15 is 0 Å². The average Bonchev–Trinajstić information content (AvgIpc) is 2.53. The van der Waals surface area contributed by atoms with Crippen LogP contribution in [0.5, 0.6) is 0 Å². The van der Waals surface area contributed by atoms with Crippen molar-refractivity contribution in [3.63, 3.8) is 0 Å². The first-order valence-corrected chi connectivity index (χ1v) is 7.33. The van der Waals surface area contributed by atoms with Crippen LogP contribution in [0.25, 0.3) is 0 Å². The molecule has 2 aromatic rings. The zero-order valence-electron chi connectivity index (χ0n) is 13.0. The molecular weight excluding hydrogens is 292 g/mol. The zero-order chi connectivity index (χ0) is 16.7. The van der Waals surface area contributed by atoms with Crippen molar-refractivity contribution in [1.29, 1.82) is 0 Å². The number of urea groups is 1. The fourth-order valence-electron chi connectivity index (χ4n) is 2.35. The van der Waals surface area contributed by atoms with E-state index in [9.17, 15) is 9.59 Å². The number of primary amides is 1. The second-order valence-corrected chi connectivity index (χ2v) is 5.25. The minimum Gasteiger partial charge on any atom is -0.352 e. The van der Waals surface area contributed by atoms with Crippen LogP contribution in [-0.2, 0) is 11.3 Å². The minimum atomic E-state index is -0.653. The predicted molar refractivity (Wildman–Crippen MR) is 87.3 cm³/mol. The minimum absolute atomic E-state index is 0.124. The number of aromatic nitrogens is 1. The Morgan fingerprint density at radius 3 is 2.52 bits per heavy atom. The van der Waals surface area contributed by atoms with E-state index in [1.165, 1.54) is 0 Å². The van der Waals surface area contributed by atoms with E-state index in [4.69, 9.17) is 5.73 Å². The van der Waals surface area contributed by atoms with Gasteiger partial charge in [0, 0.05) is 18.9 Å². The molecule has 23 heavy (non-hydrogen) atoms. The molecule has 4 N–H and O–H groups in total. The van der Waals surface area contributed by atoms with Gasteiger partial charge < -0.3 is 16.4 Å². The number of aryl methyl sites for hydroxylation is 1. The van der Waals surface area contributed by atoms with E-state index in [2.05, 4.69) is 15.6 Å². The lowest BCUT2D eigenvalue weighted by molar-refractivity contribution is -0.121. The summed E-state index contributed by atoms with van der Waals surface area (Å²) in [5, 5.41) is 5.47. The predicted octanol–water partition coefficient (Wildman–Crippen LogP) is 1.81. The number of benzene rings is 1. The van der Waals surface area contributed by atoms with Gasteiger partial charge in [-0.25, -0.2) is 4.79 Å². The number of amides is 3. The maximum absolute atomic E-state index is 12.2. The van der Waals surface area contributed by atoms with Gasteiger partial charge in [-0.15, -0.1) is 0 Å². The number of carbonyl (C=O) groups is 2. The van der Waals surface area contributed by atoms with Gasteiger partial charge in [-0.2, -0.15) is 0 Å². The Kier molecular flexibility index (Phi) is 5.68. The van der Waals surface area contributed by atoms with Crippen LogP contribution >= 0.6 is 0 Å². The highest BCUT2D eigenvalue weighted by Gasteiger charge is 2.18. The lowest BCUT2D eigenvalue weighted by Gasteiger charge is -2.19. The summed E-state index contributed by atoms with van der Waals surface area (Å²) in [6.07, 6.45) is 3.47. The summed E-state index contributed by atoms with van der Waals surface area (Å²) in [6, 6.07) is 10.1. The molecule has 6 heteroatoms. The SMILES string of the molecule is Cc1ccccc1C(CC(=O)NCc1ccncc1)NC(N)=O. The second-order valence-electron chi connectivity index (χ2n) is 5.25. The summed E-state index contributed by atoms with van der Waals surface area (Å²) in [4.78, 5) is 27.3. The number of nitrogens with one attached hydrogen (secondary N) is 2. The Labute approximate surface area is 135 Å². The van der Waals surface area contributed by atoms with E-state index in [0.29, 0.717) is 6.54 Å². The van der Waals surface area contributed by atoms with E-state index < -0.39 is 12.1 Å². The average molecular weight is 312 g/mol. The molecule has 0 saturated carbocycles. The molecule has 2 rings (SSSR count). The van der Waals surface area contributed by atoms with Crippen LogP contribution in [0.4, 0.5) is 4.79 Å². The molecule has 6 nitrogen and oxygen atoms in total. The number of nitrogens with two attached hydrogens (primary N) is 1. The Balaban J connectivity index is 2.01. The molecule has 0 radical (unpaired) electrons. The fourth-order valence-corrected chi connectivity index (χ4v) is 2.35. The summed E-state index contributed by atoms with van der Waals surface area (Å²) in [6.45, 7) is 2.35. The van der Waals surface area contributed by atoms with Crippen molar-refractivity contribution >= 4 is 11.9 Å². The smallest absolute Gasteiger partial charge is 0.312 e. The first kappa shape index (κ1) is 16.5. The van der Waals surface area contributed by atoms with Gasteiger partial charge >= 0.3 is 6.03 Å². The monoisotopic (exact) mass is 312 g/mol. The van der Waals surface area contributed by atoms with Crippen molar-refractivity contribution in [2.24, 2.45) is 5.73 Å². The van der Waals surface area contributed by atoms with Gasteiger partial charge in [-0.3, -0.25) is 9.78 Å². The molecule has 0 spiro atoms. The quantitative estimate of drug-likeness (QED) is 0.758. The third kappa shape index (κ3) is 5.10. The summed E-state index contributed by atoms with van der Waals surface area (Å²) < 4.78 is 0. The molecular formula is C17H20N4O2. The zero-order valence-corrected chi connectivity index (χ0v) is 13.0. The highest BCUT2D eigenvalue weighted by atomic mass is 16.2. The molecule has 0 aliphatic rings. The first-order valence-electron chi connectivity index (χ1n) is 7.33. The van der Waals surface area contributed by atoms with Crippen molar-refractivity contribution < 1.29 is 9.59 Å². The number of rotatable bonds is 6. The van der Waals surface area contributed by atoms with Gasteiger partial charge in [0.2, 0.25) is 5.91 Å². The molecule has 1 atom stereocenters. The Morgan fingerprint density at radius 2 is 1.87 bits per heavy atom. The molecule has 0 aliphatic carbocycles. The Bertz CT molecular complexity index is 673. The summed E-state index contributed by atoms with van der Waals surface area (Å²) >= 11 is 0. The van der Waals surface area contributed by atoms with E-state index in [-0.39, 0.29) is 12.3 Å². The normalized spacial score (nSPS) is 11.5. The maximum Gasteiger partial charge on any atom is 0.312 e. The summed E-state index contributed by atoms with van der Waals surface area (Å²) in [7, 11) is 0.